The highest BCUT2D eigenvalue weighted by molar-refractivity contribution is 6.22. The van der Waals surface area contributed by atoms with Crippen molar-refractivity contribution in [3.63, 3.8) is 0 Å². The molecule has 0 radical (unpaired) electrons. The summed E-state index contributed by atoms with van der Waals surface area (Å²) in [4.78, 5) is 0. The summed E-state index contributed by atoms with van der Waals surface area (Å²) in [6.07, 6.45) is 0. The third-order valence-corrected chi connectivity index (χ3v) is 10.7. The first-order valence-corrected chi connectivity index (χ1v) is 16.8. The number of fused-ring (bicyclic) bond motifs is 8. The fourth-order valence-corrected chi connectivity index (χ4v) is 8.42. The Morgan fingerprint density at radius 3 is 1.67 bits per heavy atom. The Morgan fingerprint density at radius 2 is 0.938 bits per heavy atom. The maximum absolute atomic E-state index is 6.85. The van der Waals surface area contributed by atoms with Crippen LogP contribution in [0.3, 0.4) is 0 Å². The van der Waals surface area contributed by atoms with Gasteiger partial charge in [0.15, 0.2) is 0 Å². The molecule has 1 heterocycles. The molecule has 0 saturated carbocycles. The summed E-state index contributed by atoms with van der Waals surface area (Å²) in [5.41, 5.74) is 14.5. The maximum atomic E-state index is 6.85. The van der Waals surface area contributed by atoms with Gasteiger partial charge in [-0.15, -0.1) is 0 Å². The lowest BCUT2D eigenvalue weighted by Gasteiger charge is -2.21. The van der Waals surface area contributed by atoms with E-state index in [1.54, 1.807) is 0 Å². The molecule has 0 aliphatic heterocycles. The van der Waals surface area contributed by atoms with Gasteiger partial charge in [-0.2, -0.15) is 0 Å². The molecule has 8 aromatic carbocycles. The van der Waals surface area contributed by atoms with Gasteiger partial charge in [-0.1, -0.05) is 153 Å². The lowest BCUT2D eigenvalue weighted by atomic mass is 9.82. The Kier molecular flexibility index (Phi) is 5.69. The van der Waals surface area contributed by atoms with Crippen molar-refractivity contribution in [1.29, 1.82) is 0 Å². The zero-order valence-corrected chi connectivity index (χ0v) is 26.9. The van der Waals surface area contributed by atoms with Gasteiger partial charge >= 0.3 is 0 Å². The lowest BCUT2D eigenvalue weighted by Crippen LogP contribution is -2.14. The fraction of sp³-hybridized carbons (Fsp3) is 0.0638. The van der Waals surface area contributed by atoms with Crippen LogP contribution in [-0.4, -0.2) is 0 Å². The van der Waals surface area contributed by atoms with E-state index in [9.17, 15) is 0 Å². The van der Waals surface area contributed by atoms with Crippen LogP contribution in [0.1, 0.15) is 25.0 Å². The first-order valence-electron chi connectivity index (χ1n) is 16.8. The number of hydrogen-bond donors (Lipinski definition) is 0. The first-order chi connectivity index (χ1) is 23.6. The van der Waals surface area contributed by atoms with E-state index in [-0.39, 0.29) is 5.41 Å². The van der Waals surface area contributed by atoms with Crippen LogP contribution in [0.2, 0.25) is 0 Å². The number of hydrogen-bond acceptors (Lipinski definition) is 1. The van der Waals surface area contributed by atoms with Crippen LogP contribution in [0.25, 0.3) is 88.0 Å². The molecule has 0 spiro atoms. The van der Waals surface area contributed by atoms with E-state index in [0.717, 1.165) is 33.1 Å². The van der Waals surface area contributed by atoms with E-state index in [1.165, 1.54) is 66.1 Å². The topological polar surface area (TPSA) is 13.1 Å². The van der Waals surface area contributed by atoms with Crippen LogP contribution < -0.4 is 0 Å². The lowest BCUT2D eigenvalue weighted by molar-refractivity contribution is 0.660. The molecule has 0 bridgehead atoms. The molecule has 226 valence electrons. The molecule has 10 rings (SSSR count). The second-order valence-electron chi connectivity index (χ2n) is 13.6. The largest absolute Gasteiger partial charge is 0.455 e. The summed E-state index contributed by atoms with van der Waals surface area (Å²) >= 11 is 0. The highest BCUT2D eigenvalue weighted by Crippen LogP contribution is 2.50. The molecular weight excluding hydrogens is 581 g/mol. The molecule has 0 N–H and O–H groups in total. The van der Waals surface area contributed by atoms with Crippen LogP contribution in [0.4, 0.5) is 0 Å². The quantitative estimate of drug-likeness (QED) is 0.181. The zero-order valence-electron chi connectivity index (χ0n) is 26.9. The third-order valence-electron chi connectivity index (χ3n) is 10.7. The van der Waals surface area contributed by atoms with E-state index in [2.05, 4.69) is 172 Å². The molecule has 0 fully saturated rings. The number of benzene rings is 8. The molecule has 0 unspecified atom stereocenters. The average molecular weight is 613 g/mol. The van der Waals surface area contributed by atoms with Crippen LogP contribution in [0, 0.1) is 0 Å². The normalized spacial score (nSPS) is 13.4. The summed E-state index contributed by atoms with van der Waals surface area (Å²) < 4.78 is 6.85. The Labute approximate surface area is 279 Å². The molecule has 0 saturated heterocycles. The Balaban J connectivity index is 1.18. The third kappa shape index (κ3) is 3.79. The van der Waals surface area contributed by atoms with Crippen molar-refractivity contribution >= 4 is 43.5 Å². The van der Waals surface area contributed by atoms with Gasteiger partial charge < -0.3 is 4.42 Å². The molecule has 0 atom stereocenters. The zero-order chi connectivity index (χ0) is 32.0. The van der Waals surface area contributed by atoms with Crippen LogP contribution >= 0.6 is 0 Å². The monoisotopic (exact) mass is 612 g/mol. The van der Waals surface area contributed by atoms with Gasteiger partial charge in [0.05, 0.1) is 0 Å². The van der Waals surface area contributed by atoms with Gasteiger partial charge in [0.2, 0.25) is 0 Å². The van der Waals surface area contributed by atoms with Gasteiger partial charge in [-0.25, -0.2) is 0 Å². The first kappa shape index (κ1) is 27.2. The van der Waals surface area contributed by atoms with Crippen molar-refractivity contribution < 1.29 is 4.42 Å². The molecule has 1 nitrogen and oxygen atoms in total. The molecule has 0 amide bonds. The second kappa shape index (κ2) is 10.0. The smallest absolute Gasteiger partial charge is 0.143 e. The molecule has 1 aromatic heterocycles. The molecule has 1 aliphatic carbocycles. The molecule has 48 heavy (non-hydrogen) atoms. The Bertz CT molecular complexity index is 2690. The molecule has 1 aliphatic rings. The predicted molar refractivity (Wildman–Crippen MR) is 203 cm³/mol. The molecule has 1 heteroatoms. The van der Waals surface area contributed by atoms with Crippen LogP contribution in [-0.2, 0) is 5.41 Å². The van der Waals surface area contributed by atoms with Gasteiger partial charge in [-0.05, 0) is 89.8 Å². The summed E-state index contributed by atoms with van der Waals surface area (Å²) in [6, 6.07) is 57.5. The van der Waals surface area contributed by atoms with Gasteiger partial charge in [0, 0.05) is 21.8 Å². The second-order valence-corrected chi connectivity index (χ2v) is 13.6. The summed E-state index contributed by atoms with van der Waals surface area (Å²) in [5.74, 6) is 0. The van der Waals surface area contributed by atoms with E-state index < -0.39 is 0 Å². The molecule has 9 aromatic rings. The minimum Gasteiger partial charge on any atom is -0.455 e. The van der Waals surface area contributed by atoms with E-state index in [0.29, 0.717) is 0 Å². The van der Waals surface area contributed by atoms with Crippen molar-refractivity contribution in [2.45, 2.75) is 19.3 Å². The highest BCUT2D eigenvalue weighted by Gasteiger charge is 2.35. The minimum absolute atomic E-state index is 0.0140. The molecular formula is C47H32O. The van der Waals surface area contributed by atoms with Crippen molar-refractivity contribution in [1.82, 2.24) is 0 Å². The predicted octanol–water partition coefficient (Wildman–Crippen LogP) is 13.2. The van der Waals surface area contributed by atoms with Crippen LogP contribution in [0.5, 0.6) is 0 Å². The van der Waals surface area contributed by atoms with Crippen molar-refractivity contribution in [3.05, 3.63) is 169 Å². The summed E-state index contributed by atoms with van der Waals surface area (Å²) in [7, 11) is 0. The summed E-state index contributed by atoms with van der Waals surface area (Å²) in [6.45, 7) is 4.66. The van der Waals surface area contributed by atoms with Crippen LogP contribution in [0.15, 0.2) is 162 Å². The number of rotatable bonds is 3. The van der Waals surface area contributed by atoms with E-state index >= 15 is 0 Å². The minimum atomic E-state index is -0.0140. The average Bonchev–Trinajstić information content (AvgIpc) is 3.62. The number of furan rings is 1. The van der Waals surface area contributed by atoms with Crippen molar-refractivity contribution in [2.24, 2.45) is 0 Å². The SMILES string of the molecule is CC1(C)c2ccccc2-c2cc(-c3cccc4c3oc3cc(-c5c6ccccc6c(-c6ccccc6)c6ccccc56)ccc34)ccc21. The van der Waals surface area contributed by atoms with Gasteiger partial charge in [0.1, 0.15) is 11.2 Å². The van der Waals surface area contributed by atoms with Gasteiger partial charge in [0.25, 0.3) is 0 Å². The van der Waals surface area contributed by atoms with Gasteiger partial charge in [-0.3, -0.25) is 0 Å². The Morgan fingerprint density at radius 1 is 0.375 bits per heavy atom. The van der Waals surface area contributed by atoms with Crippen molar-refractivity contribution in [2.75, 3.05) is 0 Å². The Hall–Kier alpha value is -5.92. The number of para-hydroxylation sites is 1. The van der Waals surface area contributed by atoms with E-state index in [1.807, 2.05) is 0 Å². The summed E-state index contributed by atoms with van der Waals surface area (Å²) in [5, 5.41) is 7.28. The van der Waals surface area contributed by atoms with Crippen molar-refractivity contribution in [3.8, 4) is 44.5 Å². The fourth-order valence-electron chi connectivity index (χ4n) is 8.42. The maximum Gasteiger partial charge on any atom is 0.143 e. The highest BCUT2D eigenvalue weighted by atomic mass is 16.3. The standard InChI is InChI=1S/C47H32O/c1-47(2)41-22-11-10-15-33(41)40-27-30(24-26-42(40)47)32-20-12-21-39-34-25-23-31(28-43(34)48-46(32)39)45-37-18-8-6-16-35(37)44(29-13-4-3-5-14-29)36-17-7-9-19-38(36)45/h3-28H,1-2H3. The van der Waals surface area contributed by atoms with E-state index in [4.69, 9.17) is 4.42 Å².